The minimum atomic E-state index is -1.17. The molecule has 7 nitrogen and oxygen atoms in total. The molecule has 0 bridgehead atoms. The SMILES string of the molecule is Cc1ccc(C2(C)NC(=O)N(CC(=O)NC(C)(C)CN)C2=O)cc1. The van der Waals surface area contributed by atoms with E-state index in [2.05, 4.69) is 10.6 Å². The topological polar surface area (TPSA) is 105 Å². The average Bonchev–Trinajstić information content (AvgIpc) is 2.72. The molecule has 1 unspecified atom stereocenters. The van der Waals surface area contributed by atoms with E-state index < -0.39 is 28.9 Å². The van der Waals surface area contributed by atoms with Gasteiger partial charge in [0.1, 0.15) is 12.1 Å². The Balaban J connectivity index is 2.17. The van der Waals surface area contributed by atoms with Crippen LogP contribution in [0.15, 0.2) is 24.3 Å². The fourth-order valence-electron chi connectivity index (χ4n) is 2.53. The fraction of sp³-hybridized carbons (Fsp3) is 0.471. The number of imide groups is 1. The van der Waals surface area contributed by atoms with Crippen molar-refractivity contribution in [1.82, 2.24) is 15.5 Å². The van der Waals surface area contributed by atoms with Crippen molar-refractivity contribution < 1.29 is 14.4 Å². The summed E-state index contributed by atoms with van der Waals surface area (Å²) in [5, 5.41) is 5.39. The number of carbonyl (C=O) groups is 3. The monoisotopic (exact) mass is 332 g/mol. The molecule has 0 aliphatic carbocycles. The van der Waals surface area contributed by atoms with E-state index in [9.17, 15) is 14.4 Å². The quantitative estimate of drug-likeness (QED) is 0.687. The summed E-state index contributed by atoms with van der Waals surface area (Å²) in [5.41, 5.74) is 5.53. The highest BCUT2D eigenvalue weighted by atomic mass is 16.2. The average molecular weight is 332 g/mol. The Morgan fingerprint density at radius 1 is 1.29 bits per heavy atom. The van der Waals surface area contributed by atoms with Crippen LogP contribution in [0.4, 0.5) is 4.79 Å². The number of urea groups is 1. The summed E-state index contributed by atoms with van der Waals surface area (Å²) in [6.07, 6.45) is 0. The highest BCUT2D eigenvalue weighted by Crippen LogP contribution is 2.28. The predicted molar refractivity (Wildman–Crippen MR) is 90.1 cm³/mol. The number of benzene rings is 1. The van der Waals surface area contributed by atoms with Gasteiger partial charge in [-0.25, -0.2) is 4.79 Å². The summed E-state index contributed by atoms with van der Waals surface area (Å²) >= 11 is 0. The first kappa shape index (κ1) is 17.9. The lowest BCUT2D eigenvalue weighted by molar-refractivity contribution is -0.135. The molecule has 4 amide bonds. The van der Waals surface area contributed by atoms with Crippen LogP contribution in [-0.4, -0.2) is 41.4 Å². The Morgan fingerprint density at radius 3 is 2.42 bits per heavy atom. The van der Waals surface area contributed by atoms with Crippen molar-refractivity contribution in [2.75, 3.05) is 13.1 Å². The molecular formula is C17H24N4O3. The van der Waals surface area contributed by atoms with Crippen LogP contribution in [0.25, 0.3) is 0 Å². The number of aryl methyl sites for hydroxylation is 1. The molecule has 130 valence electrons. The van der Waals surface area contributed by atoms with E-state index in [4.69, 9.17) is 5.73 Å². The van der Waals surface area contributed by atoms with E-state index in [1.165, 1.54) is 0 Å². The zero-order valence-electron chi connectivity index (χ0n) is 14.5. The van der Waals surface area contributed by atoms with Crippen molar-refractivity contribution in [1.29, 1.82) is 0 Å². The molecule has 1 atom stereocenters. The normalized spacial score (nSPS) is 21.0. The van der Waals surface area contributed by atoms with Crippen molar-refractivity contribution in [2.45, 2.75) is 38.8 Å². The van der Waals surface area contributed by atoms with Gasteiger partial charge in [-0.05, 0) is 33.3 Å². The summed E-state index contributed by atoms with van der Waals surface area (Å²) in [5.74, 6) is -0.876. The number of carbonyl (C=O) groups excluding carboxylic acids is 3. The van der Waals surface area contributed by atoms with Crippen molar-refractivity contribution in [3.8, 4) is 0 Å². The van der Waals surface area contributed by atoms with Gasteiger partial charge in [-0.15, -0.1) is 0 Å². The first-order chi connectivity index (χ1) is 11.1. The molecule has 0 aromatic heterocycles. The van der Waals surface area contributed by atoms with Gasteiger partial charge >= 0.3 is 6.03 Å². The van der Waals surface area contributed by atoms with Crippen LogP contribution in [0.5, 0.6) is 0 Å². The van der Waals surface area contributed by atoms with E-state index in [0.717, 1.165) is 10.5 Å². The van der Waals surface area contributed by atoms with E-state index in [-0.39, 0.29) is 13.1 Å². The Bertz CT molecular complexity index is 669. The molecule has 0 radical (unpaired) electrons. The van der Waals surface area contributed by atoms with Gasteiger partial charge in [0.05, 0.1) is 0 Å². The highest BCUT2D eigenvalue weighted by molar-refractivity contribution is 6.09. The number of amides is 4. The van der Waals surface area contributed by atoms with Crippen LogP contribution in [0.3, 0.4) is 0 Å². The molecule has 24 heavy (non-hydrogen) atoms. The fourth-order valence-corrected chi connectivity index (χ4v) is 2.53. The molecule has 1 fully saturated rings. The van der Waals surface area contributed by atoms with Gasteiger partial charge in [-0.2, -0.15) is 0 Å². The molecule has 4 N–H and O–H groups in total. The van der Waals surface area contributed by atoms with Crippen LogP contribution in [0, 0.1) is 6.92 Å². The molecule has 1 heterocycles. The second-order valence-corrected chi connectivity index (χ2v) is 6.95. The Hall–Kier alpha value is -2.41. The zero-order chi connectivity index (χ0) is 18.1. The number of hydrogen-bond donors (Lipinski definition) is 3. The lowest BCUT2D eigenvalue weighted by Gasteiger charge is -2.26. The molecule has 0 saturated carbocycles. The first-order valence-corrected chi connectivity index (χ1v) is 7.81. The van der Waals surface area contributed by atoms with Crippen LogP contribution in [-0.2, 0) is 15.1 Å². The first-order valence-electron chi connectivity index (χ1n) is 7.81. The minimum absolute atomic E-state index is 0.250. The number of rotatable bonds is 5. The van der Waals surface area contributed by atoms with Crippen LogP contribution >= 0.6 is 0 Å². The molecular weight excluding hydrogens is 308 g/mol. The van der Waals surface area contributed by atoms with Gasteiger partial charge in [0, 0.05) is 12.1 Å². The molecule has 1 saturated heterocycles. The molecule has 2 rings (SSSR count). The van der Waals surface area contributed by atoms with Crippen LogP contribution < -0.4 is 16.4 Å². The second-order valence-electron chi connectivity index (χ2n) is 6.95. The zero-order valence-corrected chi connectivity index (χ0v) is 14.5. The lowest BCUT2D eigenvalue weighted by atomic mass is 9.91. The number of hydrogen-bond acceptors (Lipinski definition) is 4. The van der Waals surface area contributed by atoms with E-state index in [0.29, 0.717) is 5.56 Å². The van der Waals surface area contributed by atoms with E-state index in [1.54, 1.807) is 32.9 Å². The lowest BCUT2D eigenvalue weighted by Crippen LogP contribution is -2.52. The Labute approximate surface area is 141 Å². The third kappa shape index (κ3) is 3.41. The molecule has 1 aromatic rings. The largest absolute Gasteiger partial charge is 0.348 e. The van der Waals surface area contributed by atoms with Gasteiger partial charge in [0.25, 0.3) is 5.91 Å². The third-order valence-electron chi connectivity index (χ3n) is 4.19. The predicted octanol–water partition coefficient (Wildman–Crippen LogP) is 0.616. The van der Waals surface area contributed by atoms with Crippen LogP contribution in [0.1, 0.15) is 31.9 Å². The summed E-state index contributed by atoms with van der Waals surface area (Å²) < 4.78 is 0. The highest BCUT2D eigenvalue weighted by Gasteiger charge is 2.49. The second kappa shape index (κ2) is 6.24. The van der Waals surface area contributed by atoms with Crippen molar-refractivity contribution in [3.63, 3.8) is 0 Å². The Morgan fingerprint density at radius 2 is 1.88 bits per heavy atom. The maximum atomic E-state index is 12.7. The van der Waals surface area contributed by atoms with Crippen molar-refractivity contribution >= 4 is 17.8 Å². The molecule has 1 aliphatic rings. The third-order valence-corrected chi connectivity index (χ3v) is 4.19. The van der Waals surface area contributed by atoms with Gasteiger partial charge in [-0.3, -0.25) is 14.5 Å². The number of nitrogens with one attached hydrogen (secondary N) is 2. The summed E-state index contributed by atoms with van der Waals surface area (Å²) in [7, 11) is 0. The maximum Gasteiger partial charge on any atom is 0.325 e. The summed E-state index contributed by atoms with van der Waals surface area (Å²) in [6.45, 7) is 7.03. The summed E-state index contributed by atoms with van der Waals surface area (Å²) in [4.78, 5) is 38.0. The van der Waals surface area contributed by atoms with Gasteiger partial charge < -0.3 is 16.4 Å². The number of nitrogens with zero attached hydrogens (tertiary/aromatic N) is 1. The van der Waals surface area contributed by atoms with E-state index in [1.807, 2.05) is 19.1 Å². The molecule has 0 spiro atoms. The standard InChI is InChI=1S/C17H24N4O3/c1-11-5-7-12(8-6-11)17(4)14(23)21(15(24)20-17)9-13(22)19-16(2,3)10-18/h5-8H,9-10,18H2,1-4H3,(H,19,22)(H,20,24). The van der Waals surface area contributed by atoms with Gasteiger partial charge in [0.15, 0.2) is 0 Å². The molecule has 1 aliphatic heterocycles. The molecule has 7 heteroatoms. The van der Waals surface area contributed by atoms with Gasteiger partial charge in [-0.1, -0.05) is 29.8 Å². The van der Waals surface area contributed by atoms with Crippen LogP contribution in [0.2, 0.25) is 0 Å². The van der Waals surface area contributed by atoms with Crippen molar-refractivity contribution in [2.24, 2.45) is 5.73 Å². The molecule has 1 aromatic carbocycles. The minimum Gasteiger partial charge on any atom is -0.348 e. The number of nitrogens with two attached hydrogens (primary N) is 1. The van der Waals surface area contributed by atoms with Gasteiger partial charge in [0.2, 0.25) is 5.91 Å². The summed E-state index contributed by atoms with van der Waals surface area (Å²) in [6, 6.07) is 6.77. The van der Waals surface area contributed by atoms with Crippen molar-refractivity contribution in [3.05, 3.63) is 35.4 Å². The smallest absolute Gasteiger partial charge is 0.325 e. The Kier molecular flexibility index (Phi) is 4.66. The van der Waals surface area contributed by atoms with E-state index >= 15 is 0 Å². The maximum absolute atomic E-state index is 12.7.